The lowest BCUT2D eigenvalue weighted by molar-refractivity contribution is -0.499. The van der Waals surface area contributed by atoms with E-state index in [-0.39, 0.29) is 4.76 Å². The number of nitrogens with zero attached hydrogens (tertiary/aromatic N) is 1. The van der Waals surface area contributed by atoms with E-state index in [9.17, 15) is 18.5 Å². The number of nitroso groups, excluding NO2 is 1. The minimum Gasteiger partial charge on any atom is -0.464 e. The first-order valence-corrected chi connectivity index (χ1v) is 3.77. The molecule has 1 heterocycles. The number of halogens is 2. The van der Waals surface area contributed by atoms with E-state index in [2.05, 4.69) is 4.74 Å². The summed E-state index contributed by atoms with van der Waals surface area (Å²) >= 11 is 0. The Labute approximate surface area is 78.4 Å². The zero-order valence-corrected chi connectivity index (χ0v) is 7.31. The van der Waals surface area contributed by atoms with E-state index in [1.165, 1.54) is 0 Å². The van der Waals surface area contributed by atoms with Gasteiger partial charge < -0.3 is 4.74 Å². The van der Waals surface area contributed by atoms with Crippen LogP contribution in [0.1, 0.15) is 0 Å². The van der Waals surface area contributed by atoms with E-state index in [1.54, 1.807) is 0 Å². The molecule has 76 valence electrons. The van der Waals surface area contributed by atoms with Crippen molar-refractivity contribution in [1.82, 2.24) is 0 Å². The molecule has 4 nitrogen and oxygen atoms in total. The molecule has 6 heteroatoms. The van der Waals surface area contributed by atoms with Crippen LogP contribution < -0.4 is 0 Å². The van der Waals surface area contributed by atoms with Gasteiger partial charge in [-0.15, -0.1) is 0 Å². The summed E-state index contributed by atoms with van der Waals surface area (Å²) in [5, 5.41) is 0. The summed E-state index contributed by atoms with van der Waals surface area (Å²) in [6.45, 7) is 0. The molecule has 0 aromatic carbocycles. The highest BCUT2D eigenvalue weighted by molar-refractivity contribution is 5.76. The van der Waals surface area contributed by atoms with Crippen molar-refractivity contribution >= 4 is 5.97 Å². The predicted molar refractivity (Wildman–Crippen MR) is 42.7 cm³/mol. The number of hydrogen-bond donors (Lipinski definition) is 0. The molecular formula is C8H8F2NO3+. The molecule has 0 aromatic rings. The first kappa shape index (κ1) is 10.5. The first-order chi connectivity index (χ1) is 6.56. The zero-order valence-electron chi connectivity index (χ0n) is 7.31. The van der Waals surface area contributed by atoms with Gasteiger partial charge in [-0.3, -0.25) is 0 Å². The monoisotopic (exact) mass is 204 g/mol. The molecule has 0 radical (unpaired) electrons. The quantitative estimate of drug-likeness (QED) is 0.498. The number of allylic oxidation sites excluding steroid dienone is 2. The Kier molecular flexibility index (Phi) is 3.06. The van der Waals surface area contributed by atoms with Crippen LogP contribution in [0, 0.1) is 4.91 Å². The number of carbonyl (C=O) groups is 1. The lowest BCUT2D eigenvalue weighted by atomic mass is 10.1. The lowest BCUT2D eigenvalue weighted by Gasteiger charge is -2.06. The summed E-state index contributed by atoms with van der Waals surface area (Å²) in [5.74, 6) is -0.777. The van der Waals surface area contributed by atoms with Crippen molar-refractivity contribution in [2.45, 2.75) is 12.5 Å². The van der Waals surface area contributed by atoms with Gasteiger partial charge in [0.25, 0.3) is 6.43 Å². The Balaban J connectivity index is 2.81. The van der Waals surface area contributed by atoms with Crippen LogP contribution >= 0.6 is 0 Å². The minimum atomic E-state index is -2.72. The molecule has 1 atom stereocenters. The van der Waals surface area contributed by atoms with Gasteiger partial charge in [0.05, 0.1) is 12.7 Å². The second-order valence-corrected chi connectivity index (χ2v) is 2.62. The van der Waals surface area contributed by atoms with E-state index in [4.69, 9.17) is 0 Å². The summed E-state index contributed by atoms with van der Waals surface area (Å²) in [5.41, 5.74) is -0.417. The van der Waals surface area contributed by atoms with Crippen LogP contribution in [-0.4, -0.2) is 30.3 Å². The Morgan fingerprint density at radius 1 is 1.64 bits per heavy atom. The van der Waals surface area contributed by atoms with Gasteiger partial charge in [-0.1, -0.05) is 0 Å². The summed E-state index contributed by atoms with van der Waals surface area (Å²) in [6, 6.07) is -1.16. The van der Waals surface area contributed by atoms with Gasteiger partial charge in [0.15, 0.2) is 0 Å². The zero-order chi connectivity index (χ0) is 10.7. The molecule has 1 aliphatic heterocycles. The number of rotatable bonds is 2. The average molecular weight is 204 g/mol. The van der Waals surface area contributed by atoms with Crippen LogP contribution in [0.25, 0.3) is 0 Å². The third kappa shape index (κ3) is 2.01. The molecular weight excluding hydrogens is 196 g/mol. The van der Waals surface area contributed by atoms with Crippen molar-refractivity contribution in [3.8, 4) is 0 Å². The van der Waals surface area contributed by atoms with E-state index < -0.39 is 24.0 Å². The van der Waals surface area contributed by atoms with Crippen molar-refractivity contribution in [3.05, 3.63) is 28.8 Å². The maximum absolute atomic E-state index is 12.1. The molecule has 0 spiro atoms. The van der Waals surface area contributed by atoms with E-state index in [1.807, 2.05) is 0 Å². The van der Waals surface area contributed by atoms with Gasteiger partial charge in [-0.05, 0) is 6.08 Å². The van der Waals surface area contributed by atoms with E-state index >= 15 is 0 Å². The van der Waals surface area contributed by atoms with Gasteiger partial charge in [-0.2, -0.15) is 0 Å². The van der Waals surface area contributed by atoms with Crippen molar-refractivity contribution in [2.24, 2.45) is 0 Å². The molecule has 1 rings (SSSR count). The maximum Gasteiger partial charge on any atom is 0.384 e. The highest BCUT2D eigenvalue weighted by Crippen LogP contribution is 2.16. The minimum absolute atomic E-state index is 0.146. The van der Waals surface area contributed by atoms with Crippen LogP contribution in [-0.2, 0) is 9.53 Å². The number of alkyl halides is 2. The molecule has 14 heavy (non-hydrogen) atoms. The average Bonchev–Trinajstić information content (AvgIpc) is 2.16. The molecule has 0 saturated carbocycles. The first-order valence-electron chi connectivity index (χ1n) is 3.77. The molecule has 0 bridgehead atoms. The summed E-state index contributed by atoms with van der Waals surface area (Å²) in [7, 11) is 1.12. The fourth-order valence-corrected chi connectivity index (χ4v) is 0.990. The molecule has 0 fully saturated rings. The van der Waals surface area contributed by atoms with Crippen LogP contribution in [0.15, 0.2) is 23.9 Å². The van der Waals surface area contributed by atoms with Gasteiger partial charge >= 0.3 is 12.0 Å². The van der Waals surface area contributed by atoms with E-state index in [0.29, 0.717) is 6.20 Å². The van der Waals surface area contributed by atoms with Gasteiger partial charge in [0, 0.05) is 15.7 Å². The largest absolute Gasteiger partial charge is 0.464 e. The van der Waals surface area contributed by atoms with E-state index in [0.717, 1.165) is 19.3 Å². The van der Waals surface area contributed by atoms with Crippen LogP contribution in [0.5, 0.6) is 0 Å². The highest BCUT2D eigenvalue weighted by Gasteiger charge is 2.35. The van der Waals surface area contributed by atoms with Crippen molar-refractivity contribution in [2.75, 3.05) is 7.11 Å². The number of esters is 1. The van der Waals surface area contributed by atoms with Crippen LogP contribution in [0.3, 0.4) is 0 Å². The van der Waals surface area contributed by atoms with Gasteiger partial charge in [-0.25, -0.2) is 13.6 Å². The van der Waals surface area contributed by atoms with Crippen LogP contribution in [0.2, 0.25) is 0 Å². The second-order valence-electron chi connectivity index (χ2n) is 2.62. The Bertz CT molecular complexity index is 323. The predicted octanol–water partition coefficient (Wildman–Crippen LogP) is 1.03. The molecule has 1 aliphatic rings. The van der Waals surface area contributed by atoms with Gasteiger partial charge in [0.1, 0.15) is 0 Å². The number of hydrogen-bond acceptors (Lipinski definition) is 3. The Morgan fingerprint density at radius 2 is 2.29 bits per heavy atom. The van der Waals surface area contributed by atoms with Crippen molar-refractivity contribution in [3.63, 3.8) is 0 Å². The summed E-state index contributed by atoms with van der Waals surface area (Å²) < 4.78 is 28.7. The molecule has 0 amide bonds. The SMILES string of the molecule is COC(=O)C1C=CC(C(F)F)=C[N+]1=O. The third-order valence-electron chi connectivity index (χ3n) is 1.72. The lowest BCUT2D eigenvalue weighted by Crippen LogP contribution is -2.31. The standard InChI is InChI=1S/C8H8F2NO3/c1-14-8(12)6-3-2-5(7(9)10)4-11(6)13/h2-4,6-7H,1H3/q+1. The molecule has 0 N–H and O–H groups in total. The third-order valence-corrected chi connectivity index (χ3v) is 1.72. The summed E-state index contributed by atoms with van der Waals surface area (Å²) in [6.07, 6.45) is 0.0917. The molecule has 0 aromatic heterocycles. The topological polar surface area (TPSA) is 46.4 Å². The van der Waals surface area contributed by atoms with Gasteiger partial charge in [0.2, 0.25) is 6.20 Å². The molecule has 0 aliphatic carbocycles. The maximum atomic E-state index is 12.1. The molecule has 1 unspecified atom stereocenters. The Hall–Kier alpha value is -1.59. The number of carbonyl (C=O) groups excluding carboxylic acids is 1. The van der Waals surface area contributed by atoms with Crippen LogP contribution in [0.4, 0.5) is 8.78 Å². The second kappa shape index (κ2) is 4.08. The summed E-state index contributed by atoms with van der Waals surface area (Å²) in [4.78, 5) is 22.0. The fourth-order valence-electron chi connectivity index (χ4n) is 0.990. The highest BCUT2D eigenvalue weighted by atomic mass is 19.3. The Morgan fingerprint density at radius 3 is 2.71 bits per heavy atom. The smallest absolute Gasteiger partial charge is 0.384 e. The number of methoxy groups -OCH3 is 1. The molecule has 0 saturated heterocycles. The fraction of sp³-hybridized carbons (Fsp3) is 0.375. The van der Waals surface area contributed by atoms with Crippen molar-refractivity contribution in [1.29, 1.82) is 0 Å². The number of ether oxygens (including phenoxy) is 1. The normalized spacial score (nSPS) is 21.0. The van der Waals surface area contributed by atoms with Crippen molar-refractivity contribution < 1.29 is 23.1 Å².